The summed E-state index contributed by atoms with van der Waals surface area (Å²) in [5.41, 5.74) is 3.87. The fourth-order valence-electron chi connectivity index (χ4n) is 6.74. The van der Waals surface area contributed by atoms with Crippen LogP contribution in [0.25, 0.3) is 0 Å². The van der Waals surface area contributed by atoms with Crippen LogP contribution in [-0.4, -0.2) is 53.6 Å². The molecule has 2 N–H and O–H groups in total. The van der Waals surface area contributed by atoms with E-state index in [-0.39, 0.29) is 28.9 Å². The van der Waals surface area contributed by atoms with Gasteiger partial charge in [-0.25, -0.2) is 4.21 Å². The van der Waals surface area contributed by atoms with Crippen molar-refractivity contribution in [3.63, 3.8) is 0 Å². The zero-order chi connectivity index (χ0) is 31.8. The van der Waals surface area contributed by atoms with Crippen molar-refractivity contribution in [1.82, 2.24) is 4.72 Å². The number of ether oxygens (including phenoxy) is 1. The standard InChI is InChI=1S/C34H43ClN2O4S.CH4O/c1-4-6-25-17-29(35)11-13-31(25)28-20-37-19-27-9-12-30(27)24(15-16-38)8-5-7-22(2)23(3)42(40)36-34(39)26-10-14-33(41-21-28)32(37)18-26;1-2/h5,8,10-11,13-14,16-18,22-24,27-28,30H,4,6-7,9,12,15,19-21H2,1-3H3,(H,36,39);2H,1H3/b8-5+;. The highest BCUT2D eigenvalue weighted by atomic mass is 35.5. The maximum atomic E-state index is 13.3. The fraction of sp³-hybridized carbons (Fsp3) is 0.543. The topological polar surface area (TPSA) is 95.9 Å². The van der Waals surface area contributed by atoms with Crippen LogP contribution in [0.3, 0.4) is 0 Å². The SMILES string of the molecule is CCCc1cc(Cl)ccc1C1COc2ccc3cc2N(C1)CC1CCC1C(CC=O)/C=C/CC(C)C(C)S(=O)NC3=O.CO. The largest absolute Gasteiger partial charge is 0.491 e. The van der Waals surface area contributed by atoms with Crippen molar-refractivity contribution < 1.29 is 23.6 Å². The summed E-state index contributed by atoms with van der Waals surface area (Å²) in [7, 11) is -0.529. The molecule has 7 unspecified atom stereocenters. The summed E-state index contributed by atoms with van der Waals surface area (Å²) < 4.78 is 22.3. The number of aliphatic hydroxyl groups excluding tert-OH is 1. The molecule has 44 heavy (non-hydrogen) atoms. The van der Waals surface area contributed by atoms with Gasteiger partial charge in [0.05, 0.1) is 17.5 Å². The van der Waals surface area contributed by atoms with Crippen LogP contribution in [0, 0.1) is 23.7 Å². The Morgan fingerprint density at radius 2 is 1.93 bits per heavy atom. The minimum atomic E-state index is -1.53. The highest BCUT2D eigenvalue weighted by Gasteiger charge is 2.38. The van der Waals surface area contributed by atoms with Crippen molar-refractivity contribution >= 4 is 40.5 Å². The maximum Gasteiger partial charge on any atom is 0.263 e. The molecule has 1 saturated carbocycles. The number of anilines is 1. The molecule has 5 rings (SSSR count). The van der Waals surface area contributed by atoms with E-state index >= 15 is 0 Å². The van der Waals surface area contributed by atoms with Crippen LogP contribution in [0.15, 0.2) is 48.6 Å². The highest BCUT2D eigenvalue weighted by molar-refractivity contribution is 7.84. The predicted molar refractivity (Wildman–Crippen MR) is 179 cm³/mol. The average molecular weight is 643 g/mol. The molecule has 7 nitrogen and oxygen atoms in total. The Balaban J connectivity index is 0.00000216. The van der Waals surface area contributed by atoms with Gasteiger partial charge in [-0.15, -0.1) is 0 Å². The number of aldehydes is 1. The third-order valence-electron chi connectivity index (χ3n) is 9.58. The molecule has 7 atom stereocenters. The van der Waals surface area contributed by atoms with Crippen LogP contribution >= 0.6 is 11.6 Å². The Morgan fingerprint density at radius 3 is 2.64 bits per heavy atom. The first-order valence-electron chi connectivity index (χ1n) is 15.9. The van der Waals surface area contributed by atoms with E-state index in [9.17, 15) is 13.8 Å². The zero-order valence-electron chi connectivity index (χ0n) is 26.3. The summed E-state index contributed by atoms with van der Waals surface area (Å²) >= 11 is 6.40. The molecule has 2 aromatic rings. The minimum Gasteiger partial charge on any atom is -0.491 e. The Morgan fingerprint density at radius 1 is 1.14 bits per heavy atom. The van der Waals surface area contributed by atoms with Gasteiger partial charge in [-0.3, -0.25) is 9.52 Å². The number of nitrogens with one attached hydrogen (secondary N) is 1. The molecule has 0 radical (unpaired) electrons. The summed E-state index contributed by atoms with van der Waals surface area (Å²) in [5.74, 6) is 1.70. The lowest BCUT2D eigenvalue weighted by Gasteiger charge is -2.44. The monoisotopic (exact) mass is 642 g/mol. The maximum absolute atomic E-state index is 13.3. The smallest absolute Gasteiger partial charge is 0.263 e. The first-order chi connectivity index (χ1) is 21.3. The fourth-order valence-corrected chi connectivity index (χ4v) is 7.96. The average Bonchev–Trinajstić information content (AvgIpc) is 3.18. The van der Waals surface area contributed by atoms with E-state index in [0.29, 0.717) is 30.4 Å². The second-order valence-electron chi connectivity index (χ2n) is 12.3. The summed E-state index contributed by atoms with van der Waals surface area (Å²) in [4.78, 5) is 27.4. The van der Waals surface area contributed by atoms with Gasteiger partial charge in [0.2, 0.25) is 0 Å². The van der Waals surface area contributed by atoms with Gasteiger partial charge in [-0.2, -0.15) is 0 Å². The Labute approximate surface area is 270 Å². The van der Waals surface area contributed by atoms with E-state index < -0.39 is 11.0 Å². The third kappa shape index (κ3) is 7.93. The van der Waals surface area contributed by atoms with Gasteiger partial charge >= 0.3 is 0 Å². The van der Waals surface area contributed by atoms with Crippen molar-refractivity contribution in [2.45, 2.75) is 70.5 Å². The van der Waals surface area contributed by atoms with E-state index in [0.717, 1.165) is 75.0 Å². The first-order valence-corrected chi connectivity index (χ1v) is 17.4. The quantitative estimate of drug-likeness (QED) is 0.286. The number of nitrogens with zero attached hydrogens (tertiary/aromatic N) is 1. The van der Waals surface area contributed by atoms with Gasteiger partial charge in [-0.1, -0.05) is 50.1 Å². The van der Waals surface area contributed by atoms with E-state index in [2.05, 4.69) is 47.8 Å². The van der Waals surface area contributed by atoms with Gasteiger partial charge in [0.15, 0.2) is 0 Å². The predicted octanol–water partition coefficient (Wildman–Crippen LogP) is 6.49. The van der Waals surface area contributed by atoms with Crippen molar-refractivity contribution in [2.75, 3.05) is 31.7 Å². The van der Waals surface area contributed by atoms with Crippen LogP contribution < -0.4 is 14.4 Å². The molecular formula is C35H47ClN2O5S. The Hall–Kier alpha value is -2.68. The number of rotatable bonds is 5. The molecule has 1 amide bonds. The van der Waals surface area contributed by atoms with Crippen LogP contribution in [0.2, 0.25) is 5.02 Å². The van der Waals surface area contributed by atoms with E-state index in [1.54, 1.807) is 6.07 Å². The van der Waals surface area contributed by atoms with E-state index in [1.165, 1.54) is 11.1 Å². The number of halogens is 1. The normalized spacial score (nSPS) is 29.4. The molecule has 0 spiro atoms. The van der Waals surface area contributed by atoms with Crippen molar-refractivity contribution in [1.29, 1.82) is 0 Å². The Kier molecular flexibility index (Phi) is 12.5. The minimum absolute atomic E-state index is 0.114. The molecule has 2 bridgehead atoms. The molecule has 3 aliphatic rings. The van der Waals surface area contributed by atoms with E-state index in [4.69, 9.17) is 21.4 Å². The number of carbonyl (C=O) groups excluding carboxylic acids is 2. The molecule has 2 heterocycles. The summed E-state index contributed by atoms with van der Waals surface area (Å²) in [5, 5.41) is 7.53. The van der Waals surface area contributed by atoms with Gasteiger partial charge in [0.25, 0.3) is 5.91 Å². The lowest BCUT2D eigenvalue weighted by Crippen LogP contribution is -2.42. The second kappa shape index (κ2) is 16.1. The molecule has 9 heteroatoms. The number of hydrogen-bond acceptors (Lipinski definition) is 6. The lowest BCUT2D eigenvalue weighted by atomic mass is 9.65. The molecule has 0 saturated heterocycles. The van der Waals surface area contributed by atoms with Crippen LogP contribution in [0.1, 0.15) is 80.3 Å². The number of aliphatic hydroxyl groups is 1. The molecule has 0 aromatic heterocycles. The van der Waals surface area contributed by atoms with Crippen LogP contribution in [0.5, 0.6) is 5.75 Å². The number of amides is 1. The van der Waals surface area contributed by atoms with E-state index in [1.807, 2.05) is 25.1 Å². The molecule has 2 aromatic carbocycles. The first kappa shape index (κ1) is 34.2. The van der Waals surface area contributed by atoms with Gasteiger partial charge < -0.3 is 19.5 Å². The third-order valence-corrected chi connectivity index (χ3v) is 11.3. The van der Waals surface area contributed by atoms with Gasteiger partial charge in [-0.05, 0) is 97.7 Å². The summed E-state index contributed by atoms with van der Waals surface area (Å²) in [6, 6.07) is 11.7. The molecule has 240 valence electrons. The van der Waals surface area contributed by atoms with Crippen LogP contribution in [0.4, 0.5) is 5.69 Å². The summed E-state index contributed by atoms with van der Waals surface area (Å²) in [6.45, 7) is 8.24. The molecule has 2 aliphatic heterocycles. The highest BCUT2D eigenvalue weighted by Crippen LogP contribution is 2.45. The van der Waals surface area contributed by atoms with Crippen molar-refractivity contribution in [3.05, 3.63) is 70.3 Å². The number of allylic oxidation sites excluding steroid dienone is 2. The molecular weight excluding hydrogens is 596 g/mol. The summed E-state index contributed by atoms with van der Waals surface area (Å²) in [6.07, 6.45) is 10.9. The lowest BCUT2D eigenvalue weighted by molar-refractivity contribution is -0.109. The van der Waals surface area contributed by atoms with Crippen molar-refractivity contribution in [3.8, 4) is 5.75 Å². The number of aryl methyl sites for hydroxylation is 1. The van der Waals surface area contributed by atoms with Gasteiger partial charge in [0, 0.05) is 43.1 Å². The molecule has 1 aliphatic carbocycles. The zero-order valence-corrected chi connectivity index (χ0v) is 27.9. The molecule has 1 fully saturated rings. The second-order valence-corrected chi connectivity index (χ2v) is 14.3. The van der Waals surface area contributed by atoms with Crippen LogP contribution in [-0.2, 0) is 22.2 Å². The number of benzene rings is 2. The number of hydrogen-bond donors (Lipinski definition) is 2. The number of fused-ring (bicyclic) bond motifs is 2. The Bertz CT molecular complexity index is 1350. The van der Waals surface area contributed by atoms with Gasteiger partial charge in [0.1, 0.15) is 23.0 Å². The van der Waals surface area contributed by atoms with Crippen molar-refractivity contribution in [2.24, 2.45) is 23.7 Å². The number of carbonyl (C=O) groups is 2.